The van der Waals surface area contributed by atoms with Crippen LogP contribution in [0.4, 0.5) is 5.69 Å². The number of carbonyl (C=O) groups excluding carboxylic acids is 3. The molecule has 0 radical (unpaired) electrons. The molecule has 0 aliphatic carbocycles. The Morgan fingerprint density at radius 1 is 0.966 bits per heavy atom. The van der Waals surface area contributed by atoms with Crippen LogP contribution in [0.1, 0.15) is 44.4 Å². The fourth-order valence-corrected chi connectivity index (χ4v) is 2.60. The van der Waals surface area contributed by atoms with E-state index in [2.05, 4.69) is 21.2 Å². The summed E-state index contributed by atoms with van der Waals surface area (Å²) in [6.45, 7) is 5.53. The fourth-order valence-electron chi connectivity index (χ4n) is 2.60. The van der Waals surface area contributed by atoms with Gasteiger partial charge in [0.2, 0.25) is 5.91 Å². The van der Waals surface area contributed by atoms with Crippen LogP contribution in [0.2, 0.25) is 0 Å². The van der Waals surface area contributed by atoms with Crippen molar-refractivity contribution in [3.8, 4) is 0 Å². The lowest BCUT2D eigenvalue weighted by molar-refractivity contribution is -0.136. The largest absolute Gasteiger partial charge is 0.349 e. The number of nitrogens with zero attached hydrogens (tertiary/aromatic N) is 1. The summed E-state index contributed by atoms with van der Waals surface area (Å²) in [5.41, 5.74) is 5.21. The Morgan fingerprint density at radius 2 is 1.62 bits per heavy atom. The molecule has 0 heterocycles. The molecular formula is C22H26N4O3. The van der Waals surface area contributed by atoms with Crippen LogP contribution in [-0.4, -0.2) is 23.4 Å². The Bertz CT molecular complexity index is 877. The fraction of sp³-hybridized carbons (Fsp3) is 0.273. The van der Waals surface area contributed by atoms with E-state index in [4.69, 9.17) is 0 Å². The molecule has 152 valence electrons. The second kappa shape index (κ2) is 10.8. The van der Waals surface area contributed by atoms with Crippen molar-refractivity contribution >= 4 is 29.1 Å². The normalized spacial score (nSPS) is 12.0. The second-order valence-corrected chi connectivity index (χ2v) is 6.67. The quantitative estimate of drug-likeness (QED) is 0.382. The predicted octanol–water partition coefficient (Wildman–Crippen LogP) is 2.95. The first-order valence-electron chi connectivity index (χ1n) is 9.46. The van der Waals surface area contributed by atoms with Gasteiger partial charge in [0, 0.05) is 11.4 Å². The van der Waals surface area contributed by atoms with Crippen LogP contribution in [0, 0.1) is 0 Å². The van der Waals surface area contributed by atoms with Gasteiger partial charge >= 0.3 is 11.8 Å². The first-order chi connectivity index (χ1) is 13.9. The van der Waals surface area contributed by atoms with E-state index >= 15 is 0 Å². The van der Waals surface area contributed by atoms with Crippen LogP contribution < -0.4 is 16.1 Å². The molecule has 0 aromatic heterocycles. The number of nitrogens with one attached hydrogen (secondary N) is 3. The van der Waals surface area contributed by atoms with Gasteiger partial charge in [0.1, 0.15) is 0 Å². The monoisotopic (exact) mass is 394 g/mol. The number of hydrogen-bond donors (Lipinski definition) is 3. The summed E-state index contributed by atoms with van der Waals surface area (Å²) >= 11 is 0. The lowest BCUT2D eigenvalue weighted by Crippen LogP contribution is -2.33. The van der Waals surface area contributed by atoms with E-state index < -0.39 is 11.8 Å². The minimum Gasteiger partial charge on any atom is -0.349 e. The first-order valence-corrected chi connectivity index (χ1v) is 9.46. The van der Waals surface area contributed by atoms with Crippen LogP contribution >= 0.6 is 0 Å². The Labute approximate surface area is 170 Å². The van der Waals surface area contributed by atoms with E-state index in [0.29, 0.717) is 11.4 Å². The van der Waals surface area contributed by atoms with Crippen molar-refractivity contribution in [1.82, 2.24) is 10.7 Å². The first kappa shape index (κ1) is 21.8. The molecule has 0 saturated carbocycles. The smallest absolute Gasteiger partial charge is 0.329 e. The molecule has 0 aliphatic heterocycles. The Balaban J connectivity index is 1.80. The van der Waals surface area contributed by atoms with Crippen molar-refractivity contribution in [2.75, 3.05) is 5.32 Å². The van der Waals surface area contributed by atoms with Crippen LogP contribution in [0.15, 0.2) is 59.7 Å². The molecule has 1 atom stereocenters. The van der Waals surface area contributed by atoms with Gasteiger partial charge in [0.25, 0.3) is 0 Å². The van der Waals surface area contributed by atoms with E-state index in [-0.39, 0.29) is 18.4 Å². The highest BCUT2D eigenvalue weighted by Gasteiger charge is 2.14. The molecule has 7 heteroatoms. The third-order valence-electron chi connectivity index (χ3n) is 4.27. The number of hydrazone groups is 1. The molecule has 29 heavy (non-hydrogen) atoms. The minimum atomic E-state index is -0.901. The summed E-state index contributed by atoms with van der Waals surface area (Å²) in [5.74, 6) is -1.95. The average molecular weight is 394 g/mol. The van der Waals surface area contributed by atoms with Crippen molar-refractivity contribution in [2.45, 2.75) is 39.7 Å². The van der Waals surface area contributed by atoms with Crippen molar-refractivity contribution in [1.29, 1.82) is 0 Å². The van der Waals surface area contributed by atoms with E-state index in [0.717, 1.165) is 17.5 Å². The lowest BCUT2D eigenvalue weighted by Gasteiger charge is -2.14. The molecule has 0 aliphatic rings. The topological polar surface area (TPSA) is 99.7 Å². The highest BCUT2D eigenvalue weighted by molar-refractivity contribution is 6.39. The minimum absolute atomic E-state index is 0.0115. The lowest BCUT2D eigenvalue weighted by atomic mass is 10.1. The van der Waals surface area contributed by atoms with Gasteiger partial charge in [-0.15, -0.1) is 0 Å². The summed E-state index contributed by atoms with van der Waals surface area (Å²) in [7, 11) is 0. The predicted molar refractivity (Wildman–Crippen MR) is 113 cm³/mol. The molecule has 7 nitrogen and oxygen atoms in total. The van der Waals surface area contributed by atoms with Gasteiger partial charge in [0.15, 0.2) is 0 Å². The summed E-state index contributed by atoms with van der Waals surface area (Å²) in [6, 6.07) is 16.7. The van der Waals surface area contributed by atoms with Crippen LogP contribution in [-0.2, 0) is 20.8 Å². The average Bonchev–Trinajstić information content (AvgIpc) is 2.73. The zero-order valence-corrected chi connectivity index (χ0v) is 16.9. The van der Waals surface area contributed by atoms with Crippen molar-refractivity contribution in [3.05, 3.63) is 65.7 Å². The number of hydrogen-bond acceptors (Lipinski definition) is 4. The SMILES string of the molecule is CCc1ccc(NC(=O)C(=O)N/N=C(\C)CC(=O)NC(C)c2ccccc2)cc1. The molecule has 3 N–H and O–H groups in total. The molecule has 2 aromatic rings. The van der Waals surface area contributed by atoms with Crippen molar-refractivity contribution < 1.29 is 14.4 Å². The number of benzene rings is 2. The molecule has 0 fully saturated rings. The summed E-state index contributed by atoms with van der Waals surface area (Å²) in [4.78, 5) is 36.0. The van der Waals surface area contributed by atoms with E-state index in [9.17, 15) is 14.4 Å². The second-order valence-electron chi connectivity index (χ2n) is 6.67. The molecule has 0 bridgehead atoms. The maximum absolute atomic E-state index is 12.1. The Kier molecular flexibility index (Phi) is 8.09. The van der Waals surface area contributed by atoms with Crippen LogP contribution in [0.25, 0.3) is 0 Å². The maximum Gasteiger partial charge on any atom is 0.329 e. The maximum atomic E-state index is 12.1. The van der Waals surface area contributed by atoms with E-state index in [1.54, 1.807) is 19.1 Å². The van der Waals surface area contributed by atoms with Gasteiger partial charge in [-0.3, -0.25) is 14.4 Å². The molecule has 2 rings (SSSR count). The standard InChI is InChI=1S/C22H26N4O3/c1-4-17-10-12-19(13-11-17)24-21(28)22(29)26-25-15(2)14-20(27)23-16(3)18-8-6-5-7-9-18/h5-13,16H,4,14H2,1-3H3,(H,23,27)(H,24,28)(H,26,29)/b25-15+. The highest BCUT2D eigenvalue weighted by Crippen LogP contribution is 2.11. The van der Waals surface area contributed by atoms with Gasteiger partial charge in [0.05, 0.1) is 12.5 Å². The van der Waals surface area contributed by atoms with Gasteiger partial charge in [-0.1, -0.05) is 49.4 Å². The number of rotatable bonds is 7. The molecule has 3 amide bonds. The summed E-state index contributed by atoms with van der Waals surface area (Å²) < 4.78 is 0. The van der Waals surface area contributed by atoms with Gasteiger partial charge < -0.3 is 10.6 Å². The Hall–Kier alpha value is -3.48. The van der Waals surface area contributed by atoms with Gasteiger partial charge in [-0.2, -0.15) is 5.10 Å². The van der Waals surface area contributed by atoms with E-state index in [1.165, 1.54) is 0 Å². The van der Waals surface area contributed by atoms with Crippen molar-refractivity contribution in [2.24, 2.45) is 5.10 Å². The molecule has 0 spiro atoms. The number of amides is 3. The Morgan fingerprint density at radius 3 is 2.24 bits per heavy atom. The third-order valence-corrected chi connectivity index (χ3v) is 4.27. The van der Waals surface area contributed by atoms with Gasteiger partial charge in [-0.05, 0) is 43.5 Å². The zero-order valence-electron chi connectivity index (χ0n) is 16.9. The highest BCUT2D eigenvalue weighted by atomic mass is 16.2. The van der Waals surface area contributed by atoms with Crippen LogP contribution in [0.3, 0.4) is 0 Å². The van der Waals surface area contributed by atoms with Crippen molar-refractivity contribution in [3.63, 3.8) is 0 Å². The number of carbonyl (C=O) groups is 3. The molecule has 1 unspecified atom stereocenters. The number of anilines is 1. The van der Waals surface area contributed by atoms with Gasteiger partial charge in [-0.25, -0.2) is 5.43 Å². The molecule has 2 aromatic carbocycles. The zero-order chi connectivity index (χ0) is 21.2. The molecular weight excluding hydrogens is 368 g/mol. The van der Waals surface area contributed by atoms with Crippen LogP contribution in [0.5, 0.6) is 0 Å². The van der Waals surface area contributed by atoms with E-state index in [1.807, 2.05) is 56.3 Å². The molecule has 0 saturated heterocycles. The number of aryl methyl sites for hydroxylation is 1. The summed E-state index contributed by atoms with van der Waals surface area (Å²) in [6.07, 6.45) is 0.901. The summed E-state index contributed by atoms with van der Waals surface area (Å²) in [5, 5.41) is 9.20. The third kappa shape index (κ3) is 7.21.